The maximum Gasteiger partial charge on any atom is 0.260 e. The van der Waals surface area contributed by atoms with Crippen LogP contribution in [0.5, 0.6) is 0 Å². The fraction of sp³-hybridized carbons (Fsp3) is 0.0357. The molecule has 2 aromatic carbocycles. The summed E-state index contributed by atoms with van der Waals surface area (Å²) in [5, 5.41) is 6.26. The molecule has 3 heterocycles. The van der Waals surface area contributed by atoms with Gasteiger partial charge in [-0.05, 0) is 60.7 Å². The highest BCUT2D eigenvalue weighted by Gasteiger charge is 2.15. The van der Waals surface area contributed by atoms with Crippen molar-refractivity contribution in [2.45, 2.75) is 6.42 Å². The van der Waals surface area contributed by atoms with Gasteiger partial charge < -0.3 is 10.6 Å². The van der Waals surface area contributed by atoms with Gasteiger partial charge in [-0.25, -0.2) is 9.37 Å². The highest BCUT2D eigenvalue weighted by Crippen LogP contribution is 2.24. The van der Waals surface area contributed by atoms with Gasteiger partial charge in [-0.1, -0.05) is 30.3 Å². The first kappa shape index (κ1) is 24.8. The highest BCUT2D eigenvalue weighted by atomic mass is 35.5. The molecule has 0 aliphatic rings. The number of rotatable bonds is 7. The van der Waals surface area contributed by atoms with Crippen molar-refractivity contribution in [2.75, 3.05) is 10.6 Å². The highest BCUT2D eigenvalue weighted by molar-refractivity contribution is 6.31. The molecule has 0 bridgehead atoms. The number of aromatic nitrogens is 4. The van der Waals surface area contributed by atoms with Gasteiger partial charge in [-0.3, -0.25) is 19.1 Å². The van der Waals surface area contributed by atoms with Crippen LogP contribution in [0, 0.1) is 5.82 Å². The molecule has 0 spiro atoms. The Morgan fingerprint density at radius 1 is 1.05 bits per heavy atom. The zero-order valence-electron chi connectivity index (χ0n) is 19.9. The van der Waals surface area contributed by atoms with Crippen LogP contribution in [0.2, 0.25) is 5.02 Å². The second kappa shape index (κ2) is 10.6. The van der Waals surface area contributed by atoms with E-state index in [1.807, 2.05) is 18.2 Å². The number of nitrogens with one attached hydrogen (secondary N) is 2. The van der Waals surface area contributed by atoms with E-state index in [0.29, 0.717) is 40.1 Å². The van der Waals surface area contributed by atoms with Gasteiger partial charge in [0.1, 0.15) is 5.82 Å². The third-order valence-electron chi connectivity index (χ3n) is 5.65. The average Bonchev–Trinajstić information content (AvgIpc) is 2.92. The summed E-state index contributed by atoms with van der Waals surface area (Å²) in [6.45, 7) is 3.47. The fourth-order valence-electron chi connectivity index (χ4n) is 3.90. The molecule has 0 unspecified atom stereocenters. The van der Waals surface area contributed by atoms with Crippen molar-refractivity contribution < 1.29 is 9.18 Å². The third kappa shape index (κ3) is 5.28. The number of pyridine rings is 2. The van der Waals surface area contributed by atoms with Gasteiger partial charge in [0, 0.05) is 46.8 Å². The van der Waals surface area contributed by atoms with Crippen molar-refractivity contribution in [3.8, 4) is 5.69 Å². The Labute approximate surface area is 221 Å². The summed E-state index contributed by atoms with van der Waals surface area (Å²) in [6, 6.07) is 18.2. The van der Waals surface area contributed by atoms with Crippen molar-refractivity contribution in [3.63, 3.8) is 0 Å². The van der Waals surface area contributed by atoms with Gasteiger partial charge in [0.05, 0.1) is 10.7 Å². The van der Waals surface area contributed by atoms with Gasteiger partial charge in [-0.15, -0.1) is 0 Å². The zero-order valence-corrected chi connectivity index (χ0v) is 20.6. The standard InChI is InChI=1S/C28H20ClFN6O2/c1-2-25(37)33-20-7-5-8-22(14-20)36-26-18(12-17(27(36)38)13-19-6-3-4-11-31-19)16-32-28(35-26)34-21-9-10-24(30)23(29)15-21/h2-12,14-16H,1,13H2,(H,33,37)(H,32,34,35). The van der Waals surface area contributed by atoms with Crippen LogP contribution in [0.3, 0.4) is 0 Å². The molecule has 8 nitrogen and oxygen atoms in total. The number of anilines is 3. The molecule has 1 amide bonds. The average molecular weight is 527 g/mol. The molecule has 10 heteroatoms. The van der Waals surface area contributed by atoms with E-state index in [9.17, 15) is 14.0 Å². The number of hydrogen-bond acceptors (Lipinski definition) is 6. The van der Waals surface area contributed by atoms with Crippen LogP contribution >= 0.6 is 11.6 Å². The van der Waals surface area contributed by atoms with Crippen LogP contribution in [-0.4, -0.2) is 25.4 Å². The molecule has 5 aromatic rings. The van der Waals surface area contributed by atoms with E-state index < -0.39 is 5.82 Å². The molecular weight excluding hydrogens is 507 g/mol. The first-order valence-electron chi connectivity index (χ1n) is 11.5. The van der Waals surface area contributed by atoms with E-state index >= 15 is 0 Å². The zero-order chi connectivity index (χ0) is 26.6. The monoisotopic (exact) mass is 526 g/mol. The normalized spacial score (nSPS) is 10.8. The summed E-state index contributed by atoms with van der Waals surface area (Å²) < 4.78 is 15.1. The smallest absolute Gasteiger partial charge is 0.260 e. The van der Waals surface area contributed by atoms with Crippen LogP contribution in [-0.2, 0) is 11.2 Å². The first-order chi connectivity index (χ1) is 18.4. The minimum Gasteiger partial charge on any atom is -0.324 e. The number of nitrogens with zero attached hydrogens (tertiary/aromatic N) is 4. The van der Waals surface area contributed by atoms with Gasteiger partial charge in [0.25, 0.3) is 5.56 Å². The molecule has 188 valence electrons. The van der Waals surface area contributed by atoms with Gasteiger partial charge in [0.2, 0.25) is 11.9 Å². The molecule has 0 saturated heterocycles. The van der Waals surface area contributed by atoms with E-state index in [2.05, 4.69) is 32.2 Å². The van der Waals surface area contributed by atoms with Crippen molar-refractivity contribution in [1.82, 2.24) is 19.5 Å². The third-order valence-corrected chi connectivity index (χ3v) is 5.94. The van der Waals surface area contributed by atoms with Crippen molar-refractivity contribution in [1.29, 1.82) is 0 Å². The van der Waals surface area contributed by atoms with Crippen LogP contribution in [0.1, 0.15) is 11.3 Å². The number of benzene rings is 2. The Morgan fingerprint density at radius 3 is 2.68 bits per heavy atom. The van der Waals surface area contributed by atoms with E-state index in [1.54, 1.807) is 42.7 Å². The summed E-state index contributed by atoms with van der Waals surface area (Å²) in [5.74, 6) is -0.744. The maximum absolute atomic E-state index is 13.8. The summed E-state index contributed by atoms with van der Waals surface area (Å²) in [5.41, 5.74) is 2.70. The predicted octanol–water partition coefficient (Wildman–Crippen LogP) is 5.43. The molecule has 3 aromatic heterocycles. The summed E-state index contributed by atoms with van der Waals surface area (Å²) in [7, 11) is 0. The van der Waals surface area contributed by atoms with Crippen molar-refractivity contribution >= 4 is 45.9 Å². The van der Waals surface area contributed by atoms with E-state index in [-0.39, 0.29) is 22.4 Å². The van der Waals surface area contributed by atoms with E-state index in [4.69, 9.17) is 11.6 Å². The lowest BCUT2D eigenvalue weighted by Gasteiger charge is -2.15. The molecular formula is C28H20ClFN6O2. The SMILES string of the molecule is C=CC(=O)Nc1cccc(-n2c(=O)c(Cc3ccccn3)cc3cnc(Nc4ccc(F)c(Cl)c4)nc32)c1. The number of carbonyl (C=O) groups is 1. The summed E-state index contributed by atoms with van der Waals surface area (Å²) in [6.07, 6.45) is 4.73. The van der Waals surface area contributed by atoms with Crippen LogP contribution in [0.4, 0.5) is 21.7 Å². The van der Waals surface area contributed by atoms with Gasteiger partial charge in [0.15, 0.2) is 5.65 Å². The lowest BCUT2D eigenvalue weighted by molar-refractivity contribution is -0.111. The first-order valence-corrected chi connectivity index (χ1v) is 11.9. The Bertz CT molecular complexity index is 1740. The number of carbonyl (C=O) groups excluding carboxylic acids is 1. The van der Waals surface area contributed by atoms with Crippen LogP contribution < -0.4 is 16.2 Å². The predicted molar refractivity (Wildman–Crippen MR) is 146 cm³/mol. The Morgan fingerprint density at radius 2 is 1.92 bits per heavy atom. The van der Waals surface area contributed by atoms with Crippen LogP contribution in [0.25, 0.3) is 16.7 Å². The minimum absolute atomic E-state index is 0.0507. The molecule has 38 heavy (non-hydrogen) atoms. The largest absolute Gasteiger partial charge is 0.324 e. The lowest BCUT2D eigenvalue weighted by atomic mass is 10.1. The van der Waals surface area contributed by atoms with Crippen molar-refractivity contribution in [2.24, 2.45) is 0 Å². The molecule has 0 fully saturated rings. The Balaban J connectivity index is 1.66. The molecule has 0 saturated carbocycles. The summed E-state index contributed by atoms with van der Waals surface area (Å²) >= 11 is 5.90. The number of fused-ring (bicyclic) bond motifs is 1. The molecule has 0 radical (unpaired) electrons. The minimum atomic E-state index is -0.547. The van der Waals surface area contributed by atoms with Gasteiger partial charge in [-0.2, -0.15) is 4.98 Å². The second-order valence-electron chi connectivity index (χ2n) is 8.28. The number of halogens is 2. The van der Waals surface area contributed by atoms with Gasteiger partial charge >= 0.3 is 0 Å². The molecule has 0 aliphatic heterocycles. The molecule has 5 rings (SSSR count). The maximum atomic E-state index is 13.8. The van der Waals surface area contributed by atoms with Crippen LogP contribution in [0.15, 0.2) is 96.6 Å². The van der Waals surface area contributed by atoms with Crippen molar-refractivity contribution in [3.05, 3.63) is 124 Å². The Kier molecular flexibility index (Phi) is 6.92. The number of hydrogen-bond donors (Lipinski definition) is 2. The summed E-state index contributed by atoms with van der Waals surface area (Å²) in [4.78, 5) is 39.0. The van der Waals surface area contributed by atoms with E-state index in [1.165, 1.54) is 22.8 Å². The molecule has 0 aliphatic carbocycles. The van der Waals surface area contributed by atoms with E-state index in [0.717, 1.165) is 11.8 Å². The second-order valence-corrected chi connectivity index (χ2v) is 8.69. The molecule has 0 atom stereocenters. The quantitative estimate of drug-likeness (QED) is 0.274. The number of amides is 1. The lowest BCUT2D eigenvalue weighted by Crippen LogP contribution is -2.24. The fourth-order valence-corrected chi connectivity index (χ4v) is 4.08. The topological polar surface area (TPSA) is 102 Å². The Hall–Kier alpha value is -4.89. The molecule has 2 N–H and O–H groups in total.